The molecule has 0 spiro atoms. The smallest absolute Gasteiger partial charge is 0.158 e. The summed E-state index contributed by atoms with van der Waals surface area (Å²) in [5.74, 6) is 0. The highest BCUT2D eigenvalue weighted by molar-refractivity contribution is 6.09. The van der Waals surface area contributed by atoms with E-state index in [-0.39, 0.29) is 0 Å². The average molecular weight is 385 g/mol. The number of nitrogens with one attached hydrogen (secondary N) is 1. The Morgan fingerprint density at radius 2 is 1.10 bits per heavy atom. The van der Waals surface area contributed by atoms with Gasteiger partial charge in [0.25, 0.3) is 0 Å². The van der Waals surface area contributed by atoms with Gasteiger partial charge in [-0.05, 0) is 34.5 Å². The summed E-state index contributed by atoms with van der Waals surface area (Å²) in [5, 5.41) is 8.39. The van der Waals surface area contributed by atoms with Crippen molar-refractivity contribution < 1.29 is 4.42 Å². The van der Waals surface area contributed by atoms with Gasteiger partial charge in [0.05, 0.1) is 5.69 Å². The van der Waals surface area contributed by atoms with Crippen LogP contribution in [0.15, 0.2) is 114 Å². The second kappa shape index (κ2) is 6.78. The van der Waals surface area contributed by atoms with E-state index in [1.807, 2.05) is 18.2 Å². The molecule has 6 aromatic rings. The Hall–Kier alpha value is -4.04. The molecule has 5 aromatic carbocycles. The minimum absolute atomic E-state index is 0.881. The molecule has 2 nitrogen and oxygen atoms in total. The van der Waals surface area contributed by atoms with Crippen LogP contribution in [0.2, 0.25) is 0 Å². The summed E-state index contributed by atoms with van der Waals surface area (Å²) in [5.41, 5.74) is 6.20. The van der Waals surface area contributed by atoms with Gasteiger partial charge in [0.1, 0.15) is 5.58 Å². The van der Waals surface area contributed by atoms with E-state index in [2.05, 4.69) is 96.3 Å². The van der Waals surface area contributed by atoms with Gasteiger partial charge in [0.2, 0.25) is 0 Å². The van der Waals surface area contributed by atoms with E-state index in [4.69, 9.17) is 4.42 Å². The minimum Gasteiger partial charge on any atom is -0.454 e. The van der Waals surface area contributed by atoms with E-state index in [0.717, 1.165) is 33.3 Å². The third-order valence-electron chi connectivity index (χ3n) is 5.68. The Kier molecular flexibility index (Phi) is 3.82. The second-order valence-corrected chi connectivity index (χ2v) is 7.48. The van der Waals surface area contributed by atoms with Crippen LogP contribution in [0, 0.1) is 0 Å². The Morgan fingerprint density at radius 1 is 0.467 bits per heavy atom. The highest BCUT2D eigenvalue weighted by atomic mass is 16.3. The minimum atomic E-state index is 0.881. The monoisotopic (exact) mass is 385 g/mol. The molecule has 1 aromatic heterocycles. The van der Waals surface area contributed by atoms with Crippen molar-refractivity contribution in [1.29, 1.82) is 0 Å². The predicted octanol–water partition coefficient (Wildman–Crippen LogP) is 8.15. The zero-order valence-electron chi connectivity index (χ0n) is 16.3. The molecule has 6 rings (SSSR count). The number of hydrogen-bond acceptors (Lipinski definition) is 2. The molecule has 0 amide bonds. The van der Waals surface area contributed by atoms with Crippen molar-refractivity contribution in [3.63, 3.8) is 0 Å². The third-order valence-corrected chi connectivity index (χ3v) is 5.68. The summed E-state index contributed by atoms with van der Waals surface area (Å²) >= 11 is 0. The van der Waals surface area contributed by atoms with E-state index in [1.165, 1.54) is 21.9 Å². The maximum atomic E-state index is 6.21. The summed E-state index contributed by atoms with van der Waals surface area (Å²) in [6, 6.07) is 37.9. The van der Waals surface area contributed by atoms with Gasteiger partial charge in [-0.25, -0.2) is 0 Å². The van der Waals surface area contributed by atoms with Crippen LogP contribution in [-0.2, 0) is 0 Å². The van der Waals surface area contributed by atoms with Crippen LogP contribution in [0.1, 0.15) is 0 Å². The highest BCUT2D eigenvalue weighted by Crippen LogP contribution is 2.38. The number of hydrogen-bond donors (Lipinski definition) is 1. The molecule has 0 saturated heterocycles. The van der Waals surface area contributed by atoms with Crippen molar-refractivity contribution in [2.24, 2.45) is 0 Å². The normalized spacial score (nSPS) is 11.3. The van der Waals surface area contributed by atoms with Crippen LogP contribution in [0.5, 0.6) is 0 Å². The van der Waals surface area contributed by atoms with Crippen molar-refractivity contribution in [2.45, 2.75) is 0 Å². The molecule has 0 bridgehead atoms. The van der Waals surface area contributed by atoms with Crippen molar-refractivity contribution in [3.8, 4) is 11.1 Å². The number of benzene rings is 5. The SMILES string of the molecule is c1ccc(-c2cccc3ccccc23)c(Nc2cccc3c2oc2ccccc23)c1. The molecule has 1 heterocycles. The first-order valence-electron chi connectivity index (χ1n) is 10.1. The van der Waals surface area contributed by atoms with E-state index < -0.39 is 0 Å². The fourth-order valence-corrected chi connectivity index (χ4v) is 4.28. The molecule has 0 unspecified atom stereocenters. The van der Waals surface area contributed by atoms with Crippen molar-refractivity contribution in [1.82, 2.24) is 0 Å². The molecule has 0 saturated carbocycles. The molecule has 142 valence electrons. The molecule has 0 fully saturated rings. The number of anilines is 2. The van der Waals surface area contributed by atoms with E-state index in [1.54, 1.807) is 0 Å². The number of para-hydroxylation sites is 3. The summed E-state index contributed by atoms with van der Waals surface area (Å²) in [6.45, 7) is 0. The number of fused-ring (bicyclic) bond motifs is 4. The molecule has 2 heteroatoms. The molecule has 0 aliphatic heterocycles. The van der Waals surface area contributed by atoms with Gasteiger partial charge in [0.15, 0.2) is 5.58 Å². The summed E-state index contributed by atoms with van der Waals surface area (Å²) in [7, 11) is 0. The van der Waals surface area contributed by atoms with Crippen molar-refractivity contribution in [2.75, 3.05) is 5.32 Å². The largest absolute Gasteiger partial charge is 0.454 e. The first-order valence-corrected chi connectivity index (χ1v) is 10.1. The maximum absolute atomic E-state index is 6.21. The van der Waals surface area contributed by atoms with Crippen LogP contribution in [0.3, 0.4) is 0 Å². The topological polar surface area (TPSA) is 25.2 Å². The Morgan fingerprint density at radius 3 is 2.07 bits per heavy atom. The lowest BCUT2D eigenvalue weighted by Crippen LogP contribution is -1.94. The van der Waals surface area contributed by atoms with E-state index >= 15 is 0 Å². The molecule has 1 N–H and O–H groups in total. The van der Waals surface area contributed by atoms with Crippen LogP contribution in [0.25, 0.3) is 43.8 Å². The van der Waals surface area contributed by atoms with Crippen LogP contribution in [-0.4, -0.2) is 0 Å². The van der Waals surface area contributed by atoms with Crippen molar-refractivity contribution >= 4 is 44.1 Å². The van der Waals surface area contributed by atoms with E-state index in [0.29, 0.717) is 0 Å². The zero-order valence-corrected chi connectivity index (χ0v) is 16.3. The summed E-state index contributed by atoms with van der Waals surface area (Å²) in [4.78, 5) is 0. The number of furan rings is 1. The fourth-order valence-electron chi connectivity index (χ4n) is 4.28. The second-order valence-electron chi connectivity index (χ2n) is 7.48. The third kappa shape index (κ3) is 2.66. The van der Waals surface area contributed by atoms with Gasteiger partial charge in [0, 0.05) is 22.0 Å². The lowest BCUT2D eigenvalue weighted by molar-refractivity contribution is 0.670. The number of rotatable bonds is 3. The van der Waals surface area contributed by atoms with Crippen LogP contribution < -0.4 is 5.32 Å². The predicted molar refractivity (Wildman–Crippen MR) is 126 cm³/mol. The quantitative estimate of drug-likeness (QED) is 0.332. The van der Waals surface area contributed by atoms with Gasteiger partial charge < -0.3 is 9.73 Å². The average Bonchev–Trinajstić information content (AvgIpc) is 3.19. The van der Waals surface area contributed by atoms with E-state index in [9.17, 15) is 0 Å². The van der Waals surface area contributed by atoms with Gasteiger partial charge >= 0.3 is 0 Å². The van der Waals surface area contributed by atoms with Crippen molar-refractivity contribution in [3.05, 3.63) is 109 Å². The molecule has 0 aliphatic rings. The molecule has 0 atom stereocenters. The standard InChI is InChI=1S/C28H19NO/c1-2-11-20-19(9-1)10-7-14-21(20)22-12-3-5-16-25(22)29-26-17-8-15-24-23-13-4-6-18-27(23)30-28(24)26/h1-18,29H. The van der Waals surface area contributed by atoms with Gasteiger partial charge in [-0.3, -0.25) is 0 Å². The Labute approximate surface area is 174 Å². The first kappa shape index (κ1) is 16.9. The van der Waals surface area contributed by atoms with Gasteiger partial charge in [-0.1, -0.05) is 91.0 Å². The lowest BCUT2D eigenvalue weighted by atomic mass is 9.97. The molecular weight excluding hydrogens is 366 g/mol. The maximum Gasteiger partial charge on any atom is 0.158 e. The first-order chi connectivity index (χ1) is 14.9. The van der Waals surface area contributed by atoms with Gasteiger partial charge in [-0.15, -0.1) is 0 Å². The lowest BCUT2D eigenvalue weighted by Gasteiger charge is -2.14. The Bertz CT molecular complexity index is 1520. The summed E-state index contributed by atoms with van der Waals surface area (Å²) in [6.07, 6.45) is 0. The molecular formula is C28H19NO. The molecule has 0 aliphatic carbocycles. The molecule has 0 radical (unpaired) electrons. The molecule has 30 heavy (non-hydrogen) atoms. The summed E-state index contributed by atoms with van der Waals surface area (Å²) < 4.78 is 6.21. The highest BCUT2D eigenvalue weighted by Gasteiger charge is 2.13. The zero-order chi connectivity index (χ0) is 19.9. The van der Waals surface area contributed by atoms with Gasteiger partial charge in [-0.2, -0.15) is 0 Å². The fraction of sp³-hybridized carbons (Fsp3) is 0. The van der Waals surface area contributed by atoms with Crippen LogP contribution in [0.4, 0.5) is 11.4 Å². The Balaban J connectivity index is 1.52. The van der Waals surface area contributed by atoms with Crippen LogP contribution >= 0.6 is 0 Å².